The molecular formula is C13H14FN3O3S. The monoisotopic (exact) mass is 311 g/mol. The number of nitrogens with zero attached hydrogens (tertiary/aromatic N) is 1. The third-order valence-electron chi connectivity index (χ3n) is 2.71. The fraction of sp³-hybridized carbons (Fsp3) is 0.154. The number of hydrogen-bond donors (Lipinski definition) is 2. The molecule has 21 heavy (non-hydrogen) atoms. The summed E-state index contributed by atoms with van der Waals surface area (Å²) in [6.45, 7) is 0.274. The molecule has 0 radical (unpaired) electrons. The maximum atomic E-state index is 13.3. The Labute approximate surface area is 121 Å². The lowest BCUT2D eigenvalue weighted by molar-refractivity contribution is 0.387. The van der Waals surface area contributed by atoms with Crippen LogP contribution in [0.5, 0.6) is 5.75 Å². The van der Waals surface area contributed by atoms with E-state index in [0.717, 1.165) is 11.6 Å². The molecule has 6 nitrogen and oxygen atoms in total. The second-order valence-electron chi connectivity index (χ2n) is 4.16. The Morgan fingerprint density at radius 3 is 2.67 bits per heavy atom. The minimum absolute atomic E-state index is 0.0540. The molecular weight excluding hydrogens is 297 g/mol. The average Bonchev–Trinajstić information content (AvgIpc) is 2.49. The Morgan fingerprint density at radius 1 is 1.33 bits per heavy atom. The molecule has 0 aliphatic carbocycles. The van der Waals surface area contributed by atoms with E-state index < -0.39 is 15.8 Å². The standard InChI is InChI=1S/C13H14FN3O3S/c1-20-12-6-10(3-4-11(12)14)17-21(18,19)13-5-2-9(7-15)8-16-13/h2-6,8,17H,7,15H2,1H3. The number of anilines is 1. The van der Waals surface area contributed by atoms with Crippen LogP contribution in [0, 0.1) is 5.82 Å². The molecule has 0 unspecified atom stereocenters. The number of pyridine rings is 1. The summed E-state index contributed by atoms with van der Waals surface area (Å²) >= 11 is 0. The minimum atomic E-state index is -3.86. The predicted octanol–water partition coefficient (Wildman–Crippen LogP) is 1.49. The summed E-state index contributed by atoms with van der Waals surface area (Å²) in [4.78, 5) is 3.84. The number of aromatic nitrogens is 1. The SMILES string of the molecule is COc1cc(NS(=O)(=O)c2ccc(CN)cn2)ccc1F. The largest absolute Gasteiger partial charge is 0.494 e. The van der Waals surface area contributed by atoms with Gasteiger partial charge < -0.3 is 10.5 Å². The molecule has 0 fully saturated rings. The second-order valence-corrected chi connectivity index (χ2v) is 5.79. The van der Waals surface area contributed by atoms with Crippen LogP contribution >= 0.6 is 0 Å². The van der Waals surface area contributed by atoms with Gasteiger partial charge in [-0.2, -0.15) is 8.42 Å². The highest BCUT2D eigenvalue weighted by molar-refractivity contribution is 7.92. The molecule has 1 heterocycles. The molecule has 0 aliphatic rings. The van der Waals surface area contributed by atoms with Crippen molar-refractivity contribution in [2.75, 3.05) is 11.8 Å². The van der Waals surface area contributed by atoms with Crippen LogP contribution < -0.4 is 15.2 Å². The maximum absolute atomic E-state index is 13.3. The zero-order valence-electron chi connectivity index (χ0n) is 11.2. The van der Waals surface area contributed by atoms with E-state index in [1.807, 2.05) is 0 Å². The van der Waals surface area contributed by atoms with Gasteiger partial charge in [-0.05, 0) is 23.8 Å². The number of benzene rings is 1. The number of nitrogens with one attached hydrogen (secondary N) is 1. The highest BCUT2D eigenvalue weighted by Crippen LogP contribution is 2.23. The summed E-state index contributed by atoms with van der Waals surface area (Å²) in [6.07, 6.45) is 1.39. The van der Waals surface area contributed by atoms with Gasteiger partial charge in [-0.1, -0.05) is 6.07 Å². The van der Waals surface area contributed by atoms with Gasteiger partial charge in [0.05, 0.1) is 12.8 Å². The van der Waals surface area contributed by atoms with Gasteiger partial charge in [0.25, 0.3) is 10.0 Å². The van der Waals surface area contributed by atoms with Gasteiger partial charge in [0.1, 0.15) is 0 Å². The van der Waals surface area contributed by atoms with Crippen LogP contribution in [0.1, 0.15) is 5.56 Å². The van der Waals surface area contributed by atoms with Crippen LogP contribution in [0.2, 0.25) is 0 Å². The number of sulfonamides is 1. The van der Waals surface area contributed by atoms with Crippen LogP contribution in [-0.4, -0.2) is 20.5 Å². The van der Waals surface area contributed by atoms with Gasteiger partial charge >= 0.3 is 0 Å². The van der Waals surface area contributed by atoms with E-state index in [-0.39, 0.29) is 23.0 Å². The number of hydrogen-bond acceptors (Lipinski definition) is 5. The molecule has 0 aliphatic heterocycles. The number of halogens is 1. The highest BCUT2D eigenvalue weighted by atomic mass is 32.2. The fourth-order valence-corrected chi connectivity index (χ4v) is 2.60. The Morgan fingerprint density at radius 2 is 2.10 bits per heavy atom. The van der Waals surface area contributed by atoms with Gasteiger partial charge in [-0.15, -0.1) is 0 Å². The third-order valence-corrected chi connectivity index (χ3v) is 4.01. The van der Waals surface area contributed by atoms with E-state index >= 15 is 0 Å². The Kier molecular flexibility index (Phi) is 4.39. The number of ether oxygens (including phenoxy) is 1. The first kappa shape index (κ1) is 15.2. The first-order valence-electron chi connectivity index (χ1n) is 5.97. The van der Waals surface area contributed by atoms with Crippen LogP contribution in [0.15, 0.2) is 41.6 Å². The van der Waals surface area contributed by atoms with Gasteiger partial charge in [0.15, 0.2) is 16.6 Å². The smallest absolute Gasteiger partial charge is 0.279 e. The van der Waals surface area contributed by atoms with E-state index in [1.165, 1.54) is 31.5 Å². The van der Waals surface area contributed by atoms with Gasteiger partial charge in [0, 0.05) is 18.8 Å². The Balaban J connectivity index is 2.28. The molecule has 0 atom stereocenters. The Hall–Kier alpha value is -2.19. The average molecular weight is 311 g/mol. The summed E-state index contributed by atoms with van der Waals surface area (Å²) in [5.41, 5.74) is 6.32. The molecule has 2 aromatic rings. The summed E-state index contributed by atoms with van der Waals surface area (Å²) in [5, 5.41) is -0.150. The van der Waals surface area contributed by atoms with Gasteiger partial charge in [0.2, 0.25) is 0 Å². The molecule has 2 rings (SSSR count). The number of rotatable bonds is 5. The summed E-state index contributed by atoms with van der Waals surface area (Å²) in [6, 6.07) is 6.59. The number of nitrogens with two attached hydrogens (primary N) is 1. The lowest BCUT2D eigenvalue weighted by atomic mass is 10.3. The lowest BCUT2D eigenvalue weighted by Gasteiger charge is -2.09. The van der Waals surface area contributed by atoms with E-state index in [4.69, 9.17) is 10.5 Å². The molecule has 0 saturated carbocycles. The van der Waals surface area contributed by atoms with E-state index in [9.17, 15) is 12.8 Å². The van der Waals surface area contributed by atoms with Crippen LogP contribution in [0.3, 0.4) is 0 Å². The zero-order valence-corrected chi connectivity index (χ0v) is 12.0. The maximum Gasteiger partial charge on any atom is 0.279 e. The summed E-state index contributed by atoms with van der Waals surface area (Å²) in [5.74, 6) is -0.632. The topological polar surface area (TPSA) is 94.3 Å². The molecule has 3 N–H and O–H groups in total. The predicted molar refractivity (Wildman–Crippen MR) is 75.9 cm³/mol. The molecule has 1 aromatic carbocycles. The van der Waals surface area contributed by atoms with Crippen LogP contribution in [0.25, 0.3) is 0 Å². The number of methoxy groups -OCH3 is 1. The first-order chi connectivity index (χ1) is 9.96. The van der Waals surface area contributed by atoms with Gasteiger partial charge in [-0.3, -0.25) is 4.72 Å². The first-order valence-corrected chi connectivity index (χ1v) is 7.46. The van der Waals surface area contributed by atoms with Crippen molar-refractivity contribution in [1.82, 2.24) is 4.98 Å². The third kappa shape index (κ3) is 3.47. The van der Waals surface area contributed by atoms with Crippen molar-refractivity contribution in [3.63, 3.8) is 0 Å². The van der Waals surface area contributed by atoms with Crippen molar-refractivity contribution in [3.8, 4) is 5.75 Å². The van der Waals surface area contributed by atoms with Crippen LogP contribution in [0.4, 0.5) is 10.1 Å². The van der Waals surface area contributed by atoms with Crippen molar-refractivity contribution in [2.24, 2.45) is 5.73 Å². The fourth-order valence-electron chi connectivity index (χ4n) is 1.62. The molecule has 8 heteroatoms. The summed E-state index contributed by atoms with van der Waals surface area (Å²) in [7, 11) is -2.56. The van der Waals surface area contributed by atoms with E-state index in [1.54, 1.807) is 6.07 Å². The molecule has 1 aromatic heterocycles. The van der Waals surface area contributed by atoms with Crippen molar-refractivity contribution in [2.45, 2.75) is 11.6 Å². The lowest BCUT2D eigenvalue weighted by Crippen LogP contribution is -2.15. The summed E-state index contributed by atoms with van der Waals surface area (Å²) < 4.78 is 44.7. The second kappa shape index (κ2) is 6.06. The normalized spacial score (nSPS) is 11.2. The van der Waals surface area contributed by atoms with Crippen molar-refractivity contribution < 1.29 is 17.5 Å². The molecule has 0 amide bonds. The van der Waals surface area contributed by atoms with E-state index in [0.29, 0.717) is 0 Å². The van der Waals surface area contributed by atoms with Gasteiger partial charge in [-0.25, -0.2) is 9.37 Å². The molecule has 0 spiro atoms. The van der Waals surface area contributed by atoms with E-state index in [2.05, 4.69) is 9.71 Å². The molecule has 0 saturated heterocycles. The molecule has 0 bridgehead atoms. The minimum Gasteiger partial charge on any atom is -0.494 e. The highest BCUT2D eigenvalue weighted by Gasteiger charge is 2.16. The van der Waals surface area contributed by atoms with Crippen molar-refractivity contribution in [3.05, 3.63) is 47.9 Å². The van der Waals surface area contributed by atoms with Crippen LogP contribution in [-0.2, 0) is 16.6 Å². The Bertz CT molecular complexity index is 733. The molecule has 112 valence electrons. The van der Waals surface area contributed by atoms with Crippen molar-refractivity contribution >= 4 is 15.7 Å². The van der Waals surface area contributed by atoms with Crippen molar-refractivity contribution in [1.29, 1.82) is 0 Å². The zero-order chi connectivity index (χ0) is 15.5. The quantitative estimate of drug-likeness (QED) is 0.872.